The van der Waals surface area contributed by atoms with E-state index in [1.165, 1.54) is 17.5 Å². The number of amides is 1. The molecule has 0 spiro atoms. The summed E-state index contributed by atoms with van der Waals surface area (Å²) in [6.45, 7) is 2.06. The Hall–Kier alpha value is -1.35. The summed E-state index contributed by atoms with van der Waals surface area (Å²) >= 11 is 0. The summed E-state index contributed by atoms with van der Waals surface area (Å²) in [5, 5.41) is 9.28. The maximum atomic E-state index is 12.1. The molecule has 0 radical (unpaired) electrons. The van der Waals surface area contributed by atoms with E-state index >= 15 is 0 Å². The van der Waals surface area contributed by atoms with Crippen LogP contribution in [0.3, 0.4) is 0 Å². The lowest BCUT2D eigenvalue weighted by Crippen LogP contribution is -2.33. The molecule has 1 aliphatic rings. The molecule has 1 atom stereocenters. The van der Waals surface area contributed by atoms with Crippen LogP contribution < -0.4 is 0 Å². The van der Waals surface area contributed by atoms with Crippen LogP contribution in [-0.2, 0) is 12.8 Å². The van der Waals surface area contributed by atoms with Gasteiger partial charge in [-0.25, -0.2) is 0 Å². The van der Waals surface area contributed by atoms with Gasteiger partial charge < -0.3 is 10.0 Å². The van der Waals surface area contributed by atoms with Crippen LogP contribution in [0.15, 0.2) is 18.2 Å². The first kappa shape index (κ1) is 12.1. The molecule has 2 rings (SSSR count). The second-order valence-electron chi connectivity index (χ2n) is 4.87. The second kappa shape index (κ2) is 4.88. The fourth-order valence-electron chi connectivity index (χ4n) is 2.40. The van der Waals surface area contributed by atoms with Gasteiger partial charge in [-0.1, -0.05) is 6.07 Å². The van der Waals surface area contributed by atoms with Gasteiger partial charge in [0.05, 0.1) is 6.10 Å². The molecule has 1 aliphatic carbocycles. The Bertz CT molecular complexity index is 426. The minimum absolute atomic E-state index is 0.0133. The average molecular weight is 233 g/mol. The van der Waals surface area contributed by atoms with Crippen molar-refractivity contribution in [2.45, 2.75) is 32.3 Å². The van der Waals surface area contributed by atoms with Gasteiger partial charge in [-0.2, -0.15) is 0 Å². The minimum Gasteiger partial charge on any atom is -0.392 e. The highest BCUT2D eigenvalue weighted by Crippen LogP contribution is 2.23. The van der Waals surface area contributed by atoms with Crippen LogP contribution in [0, 0.1) is 0 Å². The van der Waals surface area contributed by atoms with Gasteiger partial charge in [0, 0.05) is 19.2 Å². The van der Waals surface area contributed by atoms with Crippen LogP contribution >= 0.6 is 0 Å². The molecular weight excluding hydrogens is 214 g/mol. The molecule has 0 heterocycles. The normalized spacial score (nSPS) is 15.5. The third kappa shape index (κ3) is 2.67. The summed E-state index contributed by atoms with van der Waals surface area (Å²) in [4.78, 5) is 13.7. The molecule has 0 aromatic heterocycles. The average Bonchev–Trinajstić information content (AvgIpc) is 2.73. The van der Waals surface area contributed by atoms with Crippen molar-refractivity contribution in [2.75, 3.05) is 13.6 Å². The molecule has 3 heteroatoms. The Labute approximate surface area is 102 Å². The highest BCUT2D eigenvalue weighted by atomic mass is 16.3. The lowest BCUT2D eigenvalue weighted by atomic mass is 10.1. The van der Waals surface area contributed by atoms with Crippen LogP contribution in [0.5, 0.6) is 0 Å². The molecule has 1 amide bonds. The van der Waals surface area contributed by atoms with Gasteiger partial charge in [-0.3, -0.25) is 4.79 Å². The number of carbonyl (C=O) groups is 1. The molecule has 0 saturated heterocycles. The number of rotatable bonds is 3. The highest BCUT2D eigenvalue weighted by Gasteiger charge is 2.17. The van der Waals surface area contributed by atoms with Crippen LogP contribution in [0.25, 0.3) is 0 Å². The third-order valence-corrected chi connectivity index (χ3v) is 3.23. The summed E-state index contributed by atoms with van der Waals surface area (Å²) in [5.74, 6) is -0.0133. The number of likely N-dealkylation sites (N-methyl/N-ethyl adjacent to an activating group) is 1. The second-order valence-corrected chi connectivity index (χ2v) is 4.87. The van der Waals surface area contributed by atoms with E-state index in [2.05, 4.69) is 6.07 Å². The molecule has 3 nitrogen and oxygen atoms in total. The fraction of sp³-hybridized carbons (Fsp3) is 0.500. The lowest BCUT2D eigenvalue weighted by molar-refractivity contribution is 0.0703. The van der Waals surface area contributed by atoms with Crippen LogP contribution in [0.2, 0.25) is 0 Å². The Morgan fingerprint density at radius 1 is 1.41 bits per heavy atom. The van der Waals surface area contributed by atoms with Gasteiger partial charge in [0.2, 0.25) is 0 Å². The summed E-state index contributed by atoms with van der Waals surface area (Å²) in [6.07, 6.45) is 2.92. The van der Waals surface area contributed by atoms with Crippen molar-refractivity contribution in [3.8, 4) is 0 Å². The quantitative estimate of drug-likeness (QED) is 0.862. The van der Waals surface area contributed by atoms with Gasteiger partial charge in [-0.15, -0.1) is 0 Å². The van der Waals surface area contributed by atoms with Crippen molar-refractivity contribution in [3.05, 3.63) is 34.9 Å². The zero-order valence-electron chi connectivity index (χ0n) is 10.4. The maximum Gasteiger partial charge on any atom is 0.253 e. The largest absolute Gasteiger partial charge is 0.392 e. The first-order valence-electron chi connectivity index (χ1n) is 6.13. The van der Waals surface area contributed by atoms with Crippen LogP contribution in [-0.4, -0.2) is 35.6 Å². The van der Waals surface area contributed by atoms with Crippen molar-refractivity contribution in [1.82, 2.24) is 4.90 Å². The number of carbonyl (C=O) groups excluding carboxylic acids is 1. The van der Waals surface area contributed by atoms with Crippen molar-refractivity contribution in [2.24, 2.45) is 0 Å². The molecule has 17 heavy (non-hydrogen) atoms. The van der Waals surface area contributed by atoms with Gasteiger partial charge in [0.15, 0.2) is 0 Å². The number of fused-ring (bicyclic) bond motifs is 1. The molecule has 1 unspecified atom stereocenters. The molecule has 0 saturated carbocycles. The predicted molar refractivity (Wildman–Crippen MR) is 67.1 cm³/mol. The number of nitrogens with zero attached hydrogens (tertiary/aromatic N) is 1. The number of aliphatic hydroxyl groups excluding tert-OH is 1. The zero-order chi connectivity index (χ0) is 12.4. The number of aryl methyl sites for hydroxylation is 2. The minimum atomic E-state index is -0.488. The van der Waals surface area contributed by atoms with E-state index < -0.39 is 6.10 Å². The van der Waals surface area contributed by atoms with Gasteiger partial charge in [-0.05, 0) is 49.4 Å². The number of aliphatic hydroxyl groups is 1. The maximum absolute atomic E-state index is 12.1. The Morgan fingerprint density at radius 2 is 2.12 bits per heavy atom. The Morgan fingerprint density at radius 3 is 2.82 bits per heavy atom. The topological polar surface area (TPSA) is 40.5 Å². The highest BCUT2D eigenvalue weighted by molar-refractivity contribution is 5.94. The smallest absolute Gasteiger partial charge is 0.253 e. The number of hydrogen-bond acceptors (Lipinski definition) is 2. The SMILES string of the molecule is CC(O)CN(C)C(=O)c1ccc2c(c1)CCC2. The molecule has 1 N–H and O–H groups in total. The summed E-state index contributed by atoms with van der Waals surface area (Å²) in [5.41, 5.74) is 3.41. The summed E-state index contributed by atoms with van der Waals surface area (Å²) < 4.78 is 0. The van der Waals surface area contributed by atoms with Crippen LogP contribution in [0.4, 0.5) is 0 Å². The Balaban J connectivity index is 2.14. The van der Waals surface area contributed by atoms with E-state index in [-0.39, 0.29) is 5.91 Å². The third-order valence-electron chi connectivity index (χ3n) is 3.23. The van der Waals surface area contributed by atoms with E-state index in [0.717, 1.165) is 18.4 Å². The van der Waals surface area contributed by atoms with E-state index in [1.807, 2.05) is 12.1 Å². The van der Waals surface area contributed by atoms with Crippen molar-refractivity contribution in [1.29, 1.82) is 0 Å². The number of hydrogen-bond donors (Lipinski definition) is 1. The molecule has 0 aliphatic heterocycles. The molecule has 92 valence electrons. The zero-order valence-corrected chi connectivity index (χ0v) is 10.4. The summed E-state index contributed by atoms with van der Waals surface area (Å²) in [7, 11) is 1.72. The van der Waals surface area contributed by atoms with E-state index in [9.17, 15) is 9.90 Å². The van der Waals surface area contributed by atoms with Crippen molar-refractivity contribution in [3.63, 3.8) is 0 Å². The standard InChI is InChI=1S/C14H19NO2/c1-10(16)9-15(2)14(17)13-7-6-11-4-3-5-12(11)8-13/h6-8,10,16H,3-5,9H2,1-2H3. The van der Waals surface area contributed by atoms with E-state index in [4.69, 9.17) is 0 Å². The van der Waals surface area contributed by atoms with Crippen LogP contribution in [0.1, 0.15) is 34.8 Å². The first-order chi connectivity index (χ1) is 8.08. The van der Waals surface area contributed by atoms with E-state index in [1.54, 1.807) is 18.9 Å². The molecule has 0 bridgehead atoms. The molecule has 0 fully saturated rings. The summed E-state index contributed by atoms with van der Waals surface area (Å²) in [6, 6.07) is 5.96. The fourth-order valence-corrected chi connectivity index (χ4v) is 2.40. The monoisotopic (exact) mass is 233 g/mol. The van der Waals surface area contributed by atoms with Gasteiger partial charge in [0.25, 0.3) is 5.91 Å². The Kier molecular flexibility index (Phi) is 3.48. The number of benzene rings is 1. The van der Waals surface area contributed by atoms with Crippen molar-refractivity contribution < 1.29 is 9.90 Å². The molecule has 1 aromatic carbocycles. The molecule has 1 aromatic rings. The van der Waals surface area contributed by atoms with Gasteiger partial charge >= 0.3 is 0 Å². The predicted octanol–water partition coefficient (Wildman–Crippen LogP) is 1.63. The van der Waals surface area contributed by atoms with Crippen molar-refractivity contribution >= 4 is 5.91 Å². The first-order valence-corrected chi connectivity index (χ1v) is 6.13. The lowest BCUT2D eigenvalue weighted by Gasteiger charge is -2.19. The van der Waals surface area contributed by atoms with E-state index in [0.29, 0.717) is 6.54 Å². The molecular formula is C14H19NO2. The van der Waals surface area contributed by atoms with Gasteiger partial charge in [0.1, 0.15) is 0 Å².